The molecular formula is C55H78O8S3. The molecule has 0 spiro atoms. The molecule has 0 aliphatic carbocycles. The van der Waals surface area contributed by atoms with E-state index in [9.17, 15) is 8.42 Å². The van der Waals surface area contributed by atoms with Crippen molar-refractivity contribution < 1.29 is 36.7 Å². The van der Waals surface area contributed by atoms with E-state index in [0.717, 1.165) is 79.3 Å². The van der Waals surface area contributed by atoms with Crippen molar-refractivity contribution in [3.63, 3.8) is 0 Å². The van der Waals surface area contributed by atoms with Crippen LogP contribution in [0.3, 0.4) is 0 Å². The SMILES string of the molecule is COc1ccc(C2(C)CSc3cc(OC)ccc3C2CCCCCCCCCO)cc1.COc1ccc(C2(C)CSc3cc(OC)ccc3C2CCCCCCCCCOS(C)(=O)=O)cc1. The highest BCUT2D eigenvalue weighted by molar-refractivity contribution is 7.99. The summed E-state index contributed by atoms with van der Waals surface area (Å²) in [5, 5.41) is 8.92. The Kier molecular flexibility index (Phi) is 21.9. The van der Waals surface area contributed by atoms with E-state index in [1.165, 1.54) is 96.3 Å². The quantitative estimate of drug-likeness (QED) is 0.0484. The van der Waals surface area contributed by atoms with Crippen LogP contribution in [-0.2, 0) is 25.1 Å². The van der Waals surface area contributed by atoms with Gasteiger partial charge in [-0.15, -0.1) is 23.5 Å². The maximum atomic E-state index is 11.0. The van der Waals surface area contributed by atoms with Crippen molar-refractivity contribution in [3.8, 4) is 23.0 Å². The minimum absolute atomic E-state index is 0.0537. The molecule has 11 heteroatoms. The number of rotatable bonds is 26. The van der Waals surface area contributed by atoms with Gasteiger partial charge in [0.1, 0.15) is 23.0 Å². The number of hydrogen-bond acceptors (Lipinski definition) is 10. The summed E-state index contributed by atoms with van der Waals surface area (Å²) < 4.78 is 48.6. The number of aliphatic hydroxyl groups excluding tert-OH is 1. The lowest BCUT2D eigenvalue weighted by molar-refractivity contribution is 0.282. The van der Waals surface area contributed by atoms with Crippen LogP contribution >= 0.6 is 23.5 Å². The Labute approximate surface area is 406 Å². The van der Waals surface area contributed by atoms with Crippen LogP contribution in [0.4, 0.5) is 0 Å². The second-order valence-electron chi connectivity index (χ2n) is 18.6. The number of thioether (sulfide) groups is 2. The van der Waals surface area contributed by atoms with Crippen molar-refractivity contribution in [1.82, 2.24) is 0 Å². The molecule has 0 fully saturated rings. The molecule has 8 nitrogen and oxygen atoms in total. The first-order valence-corrected chi connectivity index (χ1v) is 28.0. The highest BCUT2D eigenvalue weighted by atomic mass is 32.2. The third-order valence-corrected chi connectivity index (χ3v) is 17.3. The first-order valence-electron chi connectivity index (χ1n) is 24.2. The monoisotopic (exact) mass is 962 g/mol. The van der Waals surface area contributed by atoms with Crippen LogP contribution in [0.5, 0.6) is 23.0 Å². The van der Waals surface area contributed by atoms with Crippen molar-refractivity contribution in [2.75, 3.05) is 59.4 Å². The summed E-state index contributed by atoms with van der Waals surface area (Å²) in [5.74, 6) is 6.74. The van der Waals surface area contributed by atoms with Crippen molar-refractivity contribution in [2.24, 2.45) is 0 Å². The molecule has 1 N–H and O–H groups in total. The Bertz CT molecular complexity index is 2140. The Morgan fingerprint density at radius 2 is 0.864 bits per heavy atom. The lowest BCUT2D eigenvalue weighted by atomic mass is 9.68. The Balaban J connectivity index is 0.000000249. The molecule has 2 aliphatic heterocycles. The van der Waals surface area contributed by atoms with Crippen LogP contribution < -0.4 is 18.9 Å². The van der Waals surface area contributed by atoms with Crippen molar-refractivity contribution >= 4 is 33.6 Å². The lowest BCUT2D eigenvalue weighted by Crippen LogP contribution is -2.36. The molecule has 0 saturated heterocycles. The lowest BCUT2D eigenvalue weighted by Gasteiger charge is -2.43. The molecule has 0 saturated carbocycles. The molecule has 4 aromatic carbocycles. The average Bonchev–Trinajstić information content (AvgIpc) is 3.33. The van der Waals surface area contributed by atoms with E-state index in [4.69, 9.17) is 28.2 Å². The number of benzene rings is 4. The summed E-state index contributed by atoms with van der Waals surface area (Å²) >= 11 is 3.89. The van der Waals surface area contributed by atoms with Crippen LogP contribution in [0.15, 0.2) is 94.7 Å². The number of aliphatic hydroxyl groups is 1. The highest BCUT2D eigenvalue weighted by Crippen LogP contribution is 2.54. The average molecular weight is 963 g/mol. The maximum Gasteiger partial charge on any atom is 0.264 e. The summed E-state index contributed by atoms with van der Waals surface area (Å²) in [6, 6.07) is 30.5. The molecule has 0 amide bonds. The molecule has 2 aliphatic rings. The number of methoxy groups -OCH3 is 4. The fourth-order valence-electron chi connectivity index (χ4n) is 9.80. The summed E-state index contributed by atoms with van der Waals surface area (Å²) in [4.78, 5) is 2.72. The van der Waals surface area contributed by atoms with E-state index >= 15 is 0 Å². The fourth-order valence-corrected chi connectivity index (χ4v) is 13.0. The van der Waals surface area contributed by atoms with Gasteiger partial charge in [-0.05, 0) is 108 Å². The smallest absolute Gasteiger partial charge is 0.264 e. The minimum Gasteiger partial charge on any atom is -0.497 e. The molecule has 2 heterocycles. The zero-order chi connectivity index (χ0) is 47.4. The van der Waals surface area contributed by atoms with E-state index in [2.05, 4.69) is 98.8 Å². The Morgan fingerprint density at radius 3 is 1.23 bits per heavy atom. The minimum atomic E-state index is -3.31. The van der Waals surface area contributed by atoms with Crippen LogP contribution in [0.2, 0.25) is 0 Å². The van der Waals surface area contributed by atoms with E-state index in [1.807, 2.05) is 23.5 Å². The van der Waals surface area contributed by atoms with Crippen LogP contribution in [-0.4, -0.2) is 72.9 Å². The van der Waals surface area contributed by atoms with Crippen LogP contribution in [0.1, 0.15) is 151 Å². The van der Waals surface area contributed by atoms with Gasteiger partial charge >= 0.3 is 0 Å². The predicted molar refractivity (Wildman–Crippen MR) is 275 cm³/mol. The summed E-state index contributed by atoms with van der Waals surface area (Å²) in [7, 11) is 3.60. The molecule has 0 aromatic heterocycles. The van der Waals surface area contributed by atoms with Gasteiger partial charge in [0.25, 0.3) is 10.1 Å². The molecule has 4 atom stereocenters. The normalized spacial score (nSPS) is 20.1. The second-order valence-corrected chi connectivity index (χ2v) is 22.2. The Morgan fingerprint density at radius 1 is 0.515 bits per heavy atom. The molecule has 6 rings (SSSR count). The van der Waals surface area contributed by atoms with Gasteiger partial charge in [0.2, 0.25) is 0 Å². The van der Waals surface area contributed by atoms with Gasteiger partial charge in [-0.1, -0.05) is 127 Å². The first kappa shape index (κ1) is 53.6. The second kappa shape index (κ2) is 27.0. The highest BCUT2D eigenvalue weighted by Gasteiger charge is 2.42. The third-order valence-electron chi connectivity index (χ3n) is 13.9. The van der Waals surface area contributed by atoms with Gasteiger partial charge in [-0.25, -0.2) is 0 Å². The molecule has 4 unspecified atom stereocenters. The standard InChI is InChI=1S/C28H40O5S2.C27H38O3S/c1-28(22-13-15-23(31-2)16-14-22)21-34-27-20-24(32-3)17-18-25(27)26(28)12-10-8-6-5-7-9-11-19-33-35(4,29)30;1-27(21-12-14-22(29-2)15-13-21)20-31-26-19-23(30-3)16-17-24(26)25(27)11-9-7-5-4-6-8-10-18-28/h13-18,20,26H,5-12,19,21H2,1-4H3;12-17,19,25,28H,4-11,18,20H2,1-3H3. The number of fused-ring (bicyclic) bond motifs is 2. The van der Waals surface area contributed by atoms with Crippen LogP contribution in [0.25, 0.3) is 0 Å². The zero-order valence-electron chi connectivity index (χ0n) is 40.9. The van der Waals surface area contributed by atoms with E-state index in [1.54, 1.807) is 28.4 Å². The van der Waals surface area contributed by atoms with E-state index in [-0.39, 0.29) is 10.8 Å². The first-order chi connectivity index (χ1) is 31.9. The van der Waals surface area contributed by atoms with Gasteiger partial charge in [-0.2, -0.15) is 8.42 Å². The predicted octanol–water partition coefficient (Wildman–Crippen LogP) is 13.9. The molecule has 0 radical (unpaired) electrons. The number of hydrogen-bond donors (Lipinski definition) is 1. The molecule has 364 valence electrons. The maximum absolute atomic E-state index is 11.0. The van der Waals surface area contributed by atoms with Gasteiger partial charge in [0.05, 0.1) is 41.3 Å². The Hall–Kier alpha value is -3.35. The van der Waals surface area contributed by atoms with Gasteiger partial charge < -0.3 is 24.1 Å². The zero-order valence-corrected chi connectivity index (χ0v) is 43.4. The van der Waals surface area contributed by atoms with Crippen molar-refractivity contribution in [3.05, 3.63) is 107 Å². The topological polar surface area (TPSA) is 101 Å². The molecule has 66 heavy (non-hydrogen) atoms. The number of unbranched alkanes of at least 4 members (excludes halogenated alkanes) is 12. The molecular weight excluding hydrogens is 885 g/mol. The summed E-state index contributed by atoms with van der Waals surface area (Å²) in [6.45, 7) is 5.48. The van der Waals surface area contributed by atoms with E-state index < -0.39 is 10.1 Å². The summed E-state index contributed by atoms with van der Waals surface area (Å²) in [5.41, 5.74) is 5.83. The van der Waals surface area contributed by atoms with Crippen molar-refractivity contribution in [2.45, 2.75) is 149 Å². The van der Waals surface area contributed by atoms with Gasteiger partial charge in [0, 0.05) is 38.7 Å². The summed E-state index contributed by atoms with van der Waals surface area (Å²) in [6.07, 6.45) is 19.7. The molecule has 0 bridgehead atoms. The third kappa shape index (κ3) is 15.3. The van der Waals surface area contributed by atoms with Gasteiger partial charge in [0.15, 0.2) is 0 Å². The van der Waals surface area contributed by atoms with Gasteiger partial charge in [-0.3, -0.25) is 4.18 Å². The van der Waals surface area contributed by atoms with Crippen molar-refractivity contribution in [1.29, 1.82) is 0 Å². The largest absolute Gasteiger partial charge is 0.497 e. The fraction of sp³-hybridized carbons (Fsp3) is 0.564. The van der Waals surface area contributed by atoms with E-state index in [0.29, 0.717) is 25.0 Å². The van der Waals surface area contributed by atoms with Crippen LogP contribution in [0, 0.1) is 0 Å². The number of ether oxygens (including phenoxy) is 4. The molecule has 4 aromatic rings.